The van der Waals surface area contributed by atoms with Gasteiger partial charge in [0.25, 0.3) is 0 Å². The van der Waals surface area contributed by atoms with Crippen molar-refractivity contribution in [3.8, 4) is 5.75 Å². The summed E-state index contributed by atoms with van der Waals surface area (Å²) < 4.78 is 10.9. The van der Waals surface area contributed by atoms with Crippen molar-refractivity contribution in [1.82, 2.24) is 0 Å². The summed E-state index contributed by atoms with van der Waals surface area (Å²) in [6.45, 7) is 0. The van der Waals surface area contributed by atoms with Gasteiger partial charge < -0.3 is 9.47 Å². The number of rotatable bonds is 4. The summed E-state index contributed by atoms with van der Waals surface area (Å²) in [5.41, 5.74) is 2.36. The van der Waals surface area contributed by atoms with Crippen molar-refractivity contribution in [2.24, 2.45) is 5.92 Å². The molecule has 1 heterocycles. The van der Waals surface area contributed by atoms with Crippen LogP contribution in [0.5, 0.6) is 5.75 Å². The first-order valence-electron chi connectivity index (χ1n) is 7.06. The molecule has 0 saturated heterocycles. The highest BCUT2D eigenvalue weighted by atomic mass is 16.5. The predicted octanol–water partition coefficient (Wildman–Crippen LogP) is 4.61. The van der Waals surface area contributed by atoms with E-state index in [1.54, 1.807) is 13.4 Å². The Morgan fingerprint density at radius 2 is 1.76 bits per heavy atom. The number of methoxy groups -OCH3 is 1. The second-order valence-corrected chi connectivity index (χ2v) is 5.01. The van der Waals surface area contributed by atoms with Gasteiger partial charge in [-0.25, -0.2) is 0 Å². The van der Waals surface area contributed by atoms with Gasteiger partial charge in [-0.05, 0) is 29.3 Å². The summed E-state index contributed by atoms with van der Waals surface area (Å²) in [6, 6.07) is 18.3. The molecule has 2 aromatic carbocycles. The highest BCUT2D eigenvalue weighted by molar-refractivity contribution is 5.51. The Hall–Kier alpha value is -2.48. The molecule has 0 radical (unpaired) electrons. The molecule has 0 aliphatic carbocycles. The number of hydrogen-bond donors (Lipinski definition) is 0. The normalized spacial score (nSPS) is 20.6. The van der Waals surface area contributed by atoms with Gasteiger partial charge in [-0.2, -0.15) is 0 Å². The molecule has 2 heteroatoms. The molecule has 2 aromatic rings. The summed E-state index contributed by atoms with van der Waals surface area (Å²) >= 11 is 0. The first-order chi connectivity index (χ1) is 10.4. The molecule has 0 unspecified atom stereocenters. The van der Waals surface area contributed by atoms with E-state index in [2.05, 4.69) is 30.4 Å². The van der Waals surface area contributed by atoms with Crippen molar-refractivity contribution in [3.63, 3.8) is 0 Å². The minimum atomic E-state index is 0.0701. The summed E-state index contributed by atoms with van der Waals surface area (Å²) in [6.07, 6.45) is 8.26. The molecule has 1 aliphatic rings. The van der Waals surface area contributed by atoms with Gasteiger partial charge in [0.1, 0.15) is 11.9 Å². The highest BCUT2D eigenvalue weighted by Gasteiger charge is 2.23. The Bertz CT molecular complexity index is 626. The van der Waals surface area contributed by atoms with Crippen LogP contribution in [0.15, 0.2) is 73.0 Å². The van der Waals surface area contributed by atoms with Crippen molar-refractivity contribution < 1.29 is 9.47 Å². The zero-order chi connectivity index (χ0) is 14.5. The molecular weight excluding hydrogens is 260 g/mol. The summed E-state index contributed by atoms with van der Waals surface area (Å²) in [5, 5.41) is 0. The smallest absolute Gasteiger partial charge is 0.133 e. The Kier molecular flexibility index (Phi) is 4.06. The lowest BCUT2D eigenvalue weighted by molar-refractivity contribution is 0.151. The first-order valence-corrected chi connectivity index (χ1v) is 7.06. The summed E-state index contributed by atoms with van der Waals surface area (Å²) in [4.78, 5) is 0. The van der Waals surface area contributed by atoms with Gasteiger partial charge in [0.15, 0.2) is 0 Å². The molecule has 0 amide bonds. The minimum Gasteiger partial charge on any atom is -0.497 e. The number of benzene rings is 2. The average molecular weight is 278 g/mol. The van der Waals surface area contributed by atoms with E-state index >= 15 is 0 Å². The maximum absolute atomic E-state index is 5.72. The molecule has 0 spiro atoms. The van der Waals surface area contributed by atoms with Crippen LogP contribution < -0.4 is 4.74 Å². The topological polar surface area (TPSA) is 18.5 Å². The molecule has 2 atom stereocenters. The van der Waals surface area contributed by atoms with Crippen LogP contribution in [-0.2, 0) is 4.74 Å². The third-order valence-corrected chi connectivity index (χ3v) is 3.63. The lowest BCUT2D eigenvalue weighted by atomic mass is 9.96. The fourth-order valence-corrected chi connectivity index (χ4v) is 2.46. The van der Waals surface area contributed by atoms with Crippen LogP contribution in [-0.4, -0.2) is 7.11 Å². The van der Waals surface area contributed by atoms with Crippen molar-refractivity contribution in [3.05, 3.63) is 84.1 Å². The lowest BCUT2D eigenvalue weighted by Gasteiger charge is -2.16. The standard InChI is InChI=1S/C19H18O2/c1-20-18-11-8-15(9-12-18)7-10-17-13-14-21-19(17)16-5-3-2-4-6-16/h2-14,17,19H,1H3/b10-7+/t17-,19+/m0/s1. The molecule has 3 rings (SSSR count). The van der Waals surface area contributed by atoms with Gasteiger partial charge in [0, 0.05) is 5.92 Å². The second kappa shape index (κ2) is 6.31. The van der Waals surface area contributed by atoms with Gasteiger partial charge in [0.2, 0.25) is 0 Å². The summed E-state index contributed by atoms with van der Waals surface area (Å²) in [5.74, 6) is 1.13. The highest BCUT2D eigenvalue weighted by Crippen LogP contribution is 2.33. The zero-order valence-electron chi connectivity index (χ0n) is 12.0. The quantitative estimate of drug-likeness (QED) is 0.813. The van der Waals surface area contributed by atoms with Crippen molar-refractivity contribution >= 4 is 6.08 Å². The SMILES string of the molecule is COc1ccc(/C=C/[C@H]2C=CO[C@@H]2c2ccccc2)cc1. The summed E-state index contributed by atoms with van der Waals surface area (Å²) in [7, 11) is 1.68. The maximum Gasteiger partial charge on any atom is 0.133 e. The molecule has 0 fully saturated rings. The van der Waals surface area contributed by atoms with E-state index in [4.69, 9.17) is 9.47 Å². The van der Waals surface area contributed by atoms with E-state index in [0.29, 0.717) is 0 Å². The second-order valence-electron chi connectivity index (χ2n) is 5.01. The van der Waals surface area contributed by atoms with Crippen molar-refractivity contribution in [1.29, 1.82) is 0 Å². The average Bonchev–Trinajstić information content (AvgIpc) is 3.03. The van der Waals surface area contributed by atoms with Crippen LogP contribution >= 0.6 is 0 Å². The van der Waals surface area contributed by atoms with E-state index in [9.17, 15) is 0 Å². The molecule has 21 heavy (non-hydrogen) atoms. The van der Waals surface area contributed by atoms with Crippen molar-refractivity contribution in [2.75, 3.05) is 7.11 Å². The van der Waals surface area contributed by atoms with Crippen LogP contribution in [0.3, 0.4) is 0 Å². The van der Waals surface area contributed by atoms with Crippen LogP contribution in [0.4, 0.5) is 0 Å². The third kappa shape index (κ3) is 3.16. The monoisotopic (exact) mass is 278 g/mol. The third-order valence-electron chi connectivity index (χ3n) is 3.63. The van der Waals surface area contributed by atoms with E-state index in [1.165, 1.54) is 5.56 Å². The van der Waals surface area contributed by atoms with Gasteiger partial charge in [-0.3, -0.25) is 0 Å². The molecule has 0 saturated carbocycles. The van der Waals surface area contributed by atoms with E-state index < -0.39 is 0 Å². The van der Waals surface area contributed by atoms with Gasteiger partial charge in [-0.15, -0.1) is 0 Å². The largest absolute Gasteiger partial charge is 0.497 e. The van der Waals surface area contributed by atoms with Crippen molar-refractivity contribution in [2.45, 2.75) is 6.10 Å². The predicted molar refractivity (Wildman–Crippen MR) is 84.9 cm³/mol. The van der Waals surface area contributed by atoms with Crippen LogP contribution in [0.1, 0.15) is 17.2 Å². The molecule has 0 bridgehead atoms. The van der Waals surface area contributed by atoms with E-state index in [0.717, 1.165) is 11.3 Å². The number of ether oxygens (including phenoxy) is 2. The fourth-order valence-electron chi connectivity index (χ4n) is 2.46. The Morgan fingerprint density at radius 1 is 1.00 bits per heavy atom. The van der Waals surface area contributed by atoms with Crippen LogP contribution in [0, 0.1) is 5.92 Å². The Balaban J connectivity index is 1.73. The van der Waals surface area contributed by atoms with Gasteiger partial charge in [0.05, 0.1) is 13.4 Å². The maximum atomic E-state index is 5.72. The van der Waals surface area contributed by atoms with Crippen LogP contribution in [0.25, 0.3) is 6.08 Å². The van der Waals surface area contributed by atoms with E-state index in [-0.39, 0.29) is 12.0 Å². The molecule has 1 aliphatic heterocycles. The van der Waals surface area contributed by atoms with E-state index in [1.807, 2.05) is 42.5 Å². The van der Waals surface area contributed by atoms with Gasteiger partial charge in [-0.1, -0.05) is 54.6 Å². The molecule has 0 N–H and O–H groups in total. The first kappa shape index (κ1) is 13.5. The fraction of sp³-hybridized carbons (Fsp3) is 0.158. The zero-order valence-corrected chi connectivity index (χ0v) is 12.0. The lowest BCUT2D eigenvalue weighted by Crippen LogP contribution is -2.05. The van der Waals surface area contributed by atoms with Gasteiger partial charge >= 0.3 is 0 Å². The minimum absolute atomic E-state index is 0.0701. The Labute approximate surface area is 125 Å². The molecular formula is C19H18O2. The molecule has 2 nitrogen and oxygen atoms in total. The van der Waals surface area contributed by atoms with Crippen LogP contribution in [0.2, 0.25) is 0 Å². The number of hydrogen-bond acceptors (Lipinski definition) is 2. The molecule has 0 aromatic heterocycles. The molecule has 106 valence electrons. The Morgan fingerprint density at radius 3 is 2.48 bits per heavy atom.